The number of phenolic OH excluding ortho intramolecular Hbond substituents is 1. The van der Waals surface area contributed by atoms with Crippen molar-refractivity contribution in [1.82, 2.24) is 5.43 Å². The van der Waals surface area contributed by atoms with Crippen LogP contribution in [-0.2, 0) is 4.79 Å². The molecule has 5 N–H and O–H groups in total. The smallest absolute Gasteiger partial charge is 0.296 e. The molecule has 112 valence electrons. The summed E-state index contributed by atoms with van der Waals surface area (Å²) in [7, 11) is 0. The maximum absolute atomic E-state index is 12.2. The lowest BCUT2D eigenvalue weighted by atomic mass is 10.0. The second-order valence-electron chi connectivity index (χ2n) is 4.35. The first-order chi connectivity index (χ1) is 10.5. The van der Waals surface area contributed by atoms with Gasteiger partial charge in [-0.05, 0) is 30.3 Å². The summed E-state index contributed by atoms with van der Waals surface area (Å²) >= 11 is 0. The van der Waals surface area contributed by atoms with E-state index in [1.165, 1.54) is 42.5 Å². The molecule has 0 aliphatic carbocycles. The van der Waals surface area contributed by atoms with Crippen LogP contribution in [0.5, 0.6) is 5.75 Å². The van der Waals surface area contributed by atoms with E-state index in [4.69, 9.17) is 10.9 Å². The Morgan fingerprint density at radius 2 is 1.50 bits per heavy atom. The third-order valence-electron chi connectivity index (χ3n) is 2.88. The Kier molecular flexibility index (Phi) is 4.50. The molecule has 0 aromatic heterocycles. The van der Waals surface area contributed by atoms with Crippen LogP contribution in [-0.4, -0.2) is 22.7 Å². The summed E-state index contributed by atoms with van der Waals surface area (Å²) in [5, 5.41) is 11.6. The van der Waals surface area contributed by atoms with Crippen molar-refractivity contribution >= 4 is 23.3 Å². The molecule has 22 heavy (non-hydrogen) atoms. The van der Waals surface area contributed by atoms with Crippen LogP contribution in [0.4, 0.5) is 5.69 Å². The number of Topliss-reactive ketones (excluding diaryl/α,β-unsaturated/α-hetero) is 1. The van der Waals surface area contributed by atoms with Gasteiger partial charge in [0, 0.05) is 11.3 Å². The summed E-state index contributed by atoms with van der Waals surface area (Å²) in [4.78, 5) is 35.8. The molecule has 0 saturated heterocycles. The number of nitrogen functional groups attached to an aromatic ring is 1. The fraction of sp³-hybridized carbons (Fsp3) is 0. The van der Waals surface area contributed by atoms with Crippen molar-refractivity contribution in [2.45, 2.75) is 0 Å². The topological polar surface area (TPSA) is 122 Å². The lowest BCUT2D eigenvalue weighted by Gasteiger charge is -2.08. The summed E-state index contributed by atoms with van der Waals surface area (Å²) in [6, 6.07) is 11.5. The third kappa shape index (κ3) is 3.28. The highest BCUT2D eigenvalue weighted by molar-refractivity contribution is 6.47. The molecule has 0 atom stereocenters. The van der Waals surface area contributed by atoms with E-state index in [2.05, 4.69) is 5.32 Å². The zero-order valence-corrected chi connectivity index (χ0v) is 11.4. The van der Waals surface area contributed by atoms with E-state index in [0.717, 1.165) is 0 Å². The lowest BCUT2D eigenvalue weighted by Crippen LogP contribution is -2.32. The summed E-state index contributed by atoms with van der Waals surface area (Å²) < 4.78 is 0. The molecule has 7 nitrogen and oxygen atoms in total. The summed E-state index contributed by atoms with van der Waals surface area (Å²) in [6.45, 7) is 0. The maximum atomic E-state index is 12.2. The number of hydrogen-bond acceptors (Lipinski definition) is 5. The molecule has 0 radical (unpaired) electrons. The van der Waals surface area contributed by atoms with Gasteiger partial charge in [-0.25, -0.2) is 5.84 Å². The molecule has 7 heteroatoms. The molecule has 0 fully saturated rings. The molecule has 0 unspecified atom stereocenters. The molecule has 0 bridgehead atoms. The summed E-state index contributed by atoms with van der Waals surface area (Å²) in [6.07, 6.45) is 0. The highest BCUT2D eigenvalue weighted by Gasteiger charge is 2.22. The van der Waals surface area contributed by atoms with Crippen LogP contribution in [0.2, 0.25) is 0 Å². The SMILES string of the molecule is NNC(=O)c1ccccc1C(=O)C(=O)Nc1ccc(O)cc1. The van der Waals surface area contributed by atoms with Gasteiger partial charge >= 0.3 is 0 Å². The number of nitrogens with two attached hydrogens (primary N) is 1. The van der Waals surface area contributed by atoms with Crippen molar-refractivity contribution in [2.75, 3.05) is 5.32 Å². The van der Waals surface area contributed by atoms with Crippen LogP contribution in [0.15, 0.2) is 48.5 Å². The first-order valence-corrected chi connectivity index (χ1v) is 6.27. The second-order valence-corrected chi connectivity index (χ2v) is 4.35. The lowest BCUT2D eigenvalue weighted by molar-refractivity contribution is -0.112. The zero-order chi connectivity index (χ0) is 16.1. The number of carbonyl (C=O) groups excluding carboxylic acids is 3. The highest BCUT2D eigenvalue weighted by atomic mass is 16.3. The number of ketones is 1. The second kappa shape index (κ2) is 6.51. The molecule has 2 aromatic carbocycles. The number of amides is 2. The standard InChI is InChI=1S/C15H13N3O4/c16-18-14(21)12-4-2-1-3-11(12)13(20)15(22)17-9-5-7-10(19)8-6-9/h1-8,19H,16H2,(H,17,22)(H,18,21). The highest BCUT2D eigenvalue weighted by Crippen LogP contribution is 2.15. The van der Waals surface area contributed by atoms with Crippen molar-refractivity contribution in [3.8, 4) is 5.75 Å². The van der Waals surface area contributed by atoms with E-state index in [1.54, 1.807) is 6.07 Å². The zero-order valence-electron chi connectivity index (χ0n) is 11.4. The van der Waals surface area contributed by atoms with Gasteiger partial charge in [0.05, 0.1) is 5.56 Å². The molecule has 2 amide bonds. The number of hydrogen-bond donors (Lipinski definition) is 4. The number of anilines is 1. The average molecular weight is 299 g/mol. The van der Waals surface area contributed by atoms with Gasteiger partial charge in [-0.1, -0.05) is 18.2 Å². The Morgan fingerprint density at radius 1 is 0.909 bits per heavy atom. The molecule has 0 heterocycles. The third-order valence-corrected chi connectivity index (χ3v) is 2.88. The predicted molar refractivity (Wildman–Crippen MR) is 79.2 cm³/mol. The monoisotopic (exact) mass is 299 g/mol. The van der Waals surface area contributed by atoms with Gasteiger partial charge in [0.1, 0.15) is 5.75 Å². The van der Waals surface area contributed by atoms with Gasteiger partial charge in [-0.3, -0.25) is 19.8 Å². The Hall–Kier alpha value is -3.19. The minimum Gasteiger partial charge on any atom is -0.508 e. The van der Waals surface area contributed by atoms with Crippen LogP contribution in [0.3, 0.4) is 0 Å². The molecule has 2 rings (SSSR count). The van der Waals surface area contributed by atoms with Crippen LogP contribution in [0, 0.1) is 0 Å². The fourth-order valence-corrected chi connectivity index (χ4v) is 1.81. The largest absolute Gasteiger partial charge is 0.508 e. The first-order valence-electron chi connectivity index (χ1n) is 6.27. The molecule has 0 spiro atoms. The number of rotatable bonds is 4. The van der Waals surface area contributed by atoms with E-state index in [9.17, 15) is 14.4 Å². The van der Waals surface area contributed by atoms with Gasteiger partial charge in [0.25, 0.3) is 17.6 Å². The number of phenols is 1. The van der Waals surface area contributed by atoms with Crippen LogP contribution in [0.1, 0.15) is 20.7 Å². The number of hydrazine groups is 1. The van der Waals surface area contributed by atoms with E-state index < -0.39 is 17.6 Å². The van der Waals surface area contributed by atoms with Crippen molar-refractivity contribution in [3.05, 3.63) is 59.7 Å². The molecule has 2 aromatic rings. The van der Waals surface area contributed by atoms with Crippen molar-refractivity contribution in [1.29, 1.82) is 0 Å². The van der Waals surface area contributed by atoms with E-state index in [0.29, 0.717) is 5.69 Å². The summed E-state index contributed by atoms with van der Waals surface area (Å²) in [5.41, 5.74) is 2.22. The van der Waals surface area contributed by atoms with Crippen LogP contribution in [0.25, 0.3) is 0 Å². The average Bonchev–Trinajstić information content (AvgIpc) is 2.55. The van der Waals surface area contributed by atoms with Gasteiger partial charge in [0.2, 0.25) is 0 Å². The molecule has 0 aliphatic rings. The molecule has 0 aliphatic heterocycles. The molecular weight excluding hydrogens is 286 g/mol. The Labute approximate surface area is 125 Å². The Morgan fingerprint density at radius 3 is 2.09 bits per heavy atom. The number of carbonyl (C=O) groups is 3. The van der Waals surface area contributed by atoms with Crippen LogP contribution < -0.4 is 16.6 Å². The van der Waals surface area contributed by atoms with E-state index in [1.807, 2.05) is 5.43 Å². The number of aromatic hydroxyl groups is 1. The molecular formula is C15H13N3O4. The quantitative estimate of drug-likeness (QED) is 0.166. The fourth-order valence-electron chi connectivity index (χ4n) is 1.81. The normalized spacial score (nSPS) is 9.86. The van der Waals surface area contributed by atoms with Crippen LogP contribution >= 0.6 is 0 Å². The molecule has 0 saturated carbocycles. The van der Waals surface area contributed by atoms with Gasteiger partial charge in [0.15, 0.2) is 0 Å². The minimum atomic E-state index is -0.900. The minimum absolute atomic E-state index is 0.0101. The van der Waals surface area contributed by atoms with E-state index >= 15 is 0 Å². The van der Waals surface area contributed by atoms with Crippen molar-refractivity contribution in [3.63, 3.8) is 0 Å². The predicted octanol–water partition coefficient (Wildman–Crippen LogP) is 0.817. The Balaban J connectivity index is 2.22. The Bertz CT molecular complexity index is 726. The van der Waals surface area contributed by atoms with Crippen molar-refractivity contribution in [2.24, 2.45) is 5.84 Å². The van der Waals surface area contributed by atoms with Gasteiger partial charge < -0.3 is 10.4 Å². The number of benzene rings is 2. The van der Waals surface area contributed by atoms with Crippen molar-refractivity contribution < 1.29 is 19.5 Å². The van der Waals surface area contributed by atoms with E-state index in [-0.39, 0.29) is 16.9 Å². The maximum Gasteiger partial charge on any atom is 0.296 e. The summed E-state index contributed by atoms with van der Waals surface area (Å²) in [5.74, 6) is 2.65. The van der Waals surface area contributed by atoms with Gasteiger partial charge in [-0.15, -0.1) is 0 Å². The number of nitrogens with one attached hydrogen (secondary N) is 2. The first kappa shape index (κ1) is 15.2. The van der Waals surface area contributed by atoms with Gasteiger partial charge in [-0.2, -0.15) is 0 Å².